The minimum absolute atomic E-state index is 0.583. The summed E-state index contributed by atoms with van der Waals surface area (Å²) in [5, 5.41) is 1.17. The summed E-state index contributed by atoms with van der Waals surface area (Å²) in [7, 11) is -2.83. The minimum Gasteiger partial charge on any atom is -0.0976 e. The van der Waals surface area contributed by atoms with Crippen LogP contribution in [0.25, 0.3) is 0 Å². The van der Waals surface area contributed by atoms with Gasteiger partial charge in [-0.05, 0) is 57.6 Å². The zero-order valence-corrected chi connectivity index (χ0v) is 26.0. The smallest absolute Gasteiger partial charge is 0.0976 e. The third kappa shape index (κ3) is 5.86. The lowest BCUT2D eigenvalue weighted by Crippen LogP contribution is -2.34. The first-order valence-corrected chi connectivity index (χ1v) is 16.0. The zero-order chi connectivity index (χ0) is 30.4. The Morgan fingerprint density at radius 2 is 0.591 bits per heavy atom. The van der Waals surface area contributed by atoms with Gasteiger partial charge in [0.05, 0.1) is 0 Å². The van der Waals surface area contributed by atoms with E-state index in [1.807, 2.05) is 146 Å². The maximum Gasteiger partial charge on any atom is 0.700 e. The predicted octanol–water partition coefficient (Wildman–Crippen LogP) is 11.0. The quantitative estimate of drug-likeness (QED) is 0.111. The number of rotatable bonds is 10. The second-order valence-electron chi connectivity index (χ2n) is 10.2. The molecule has 0 amide bonds. The van der Waals surface area contributed by atoms with Gasteiger partial charge in [0.25, 0.3) is 0 Å². The van der Waals surface area contributed by atoms with Crippen LogP contribution in [0.4, 0.5) is 0 Å². The van der Waals surface area contributed by atoms with Gasteiger partial charge in [0.15, 0.2) is 0 Å². The Morgan fingerprint density at radius 3 is 0.841 bits per heavy atom. The summed E-state index contributed by atoms with van der Waals surface area (Å²) in [6.07, 6.45) is 0. The predicted molar refractivity (Wildman–Crippen MR) is 178 cm³/mol. The molecule has 6 heteroatoms. The van der Waals surface area contributed by atoms with Crippen LogP contribution in [0.15, 0.2) is 170 Å². The van der Waals surface area contributed by atoms with Gasteiger partial charge in [-0.2, -0.15) is 0 Å². The van der Waals surface area contributed by atoms with Gasteiger partial charge >= 0.3 is 8.25 Å². The Bertz CT molecular complexity index is 1600. The van der Waals surface area contributed by atoms with E-state index in [0.29, 0.717) is 10.0 Å². The lowest BCUT2D eigenvalue weighted by Gasteiger charge is -2.32. The largest absolute Gasteiger partial charge is 0.700 e. The monoisotopic (exact) mass is 633 g/mol. The summed E-state index contributed by atoms with van der Waals surface area (Å²) >= 11 is 12.7. The first kappa shape index (κ1) is 30.0. The van der Waals surface area contributed by atoms with Crippen molar-refractivity contribution in [2.45, 2.75) is 11.2 Å². The van der Waals surface area contributed by atoms with Crippen LogP contribution in [0, 0.1) is 0 Å². The molecule has 0 saturated heterocycles. The van der Waals surface area contributed by atoms with E-state index in [0.717, 1.165) is 33.4 Å². The molecule has 0 atom stereocenters. The fraction of sp³-hybridized carbons (Fsp3) is 0.0526. The number of benzene rings is 6. The molecule has 0 radical (unpaired) electrons. The van der Waals surface area contributed by atoms with Crippen LogP contribution in [0.1, 0.15) is 33.4 Å². The second kappa shape index (κ2) is 13.3. The molecule has 0 spiro atoms. The highest BCUT2D eigenvalue weighted by Gasteiger charge is 2.53. The molecule has 3 nitrogen and oxygen atoms in total. The van der Waals surface area contributed by atoms with E-state index in [1.54, 1.807) is 24.3 Å². The fourth-order valence-corrected chi connectivity index (χ4v) is 6.99. The third-order valence-electron chi connectivity index (χ3n) is 7.65. The standard InChI is InChI=1S/C38H28Cl2O3P/c39-35-25-21-33(22-26-35)37(29-13-5-1-6-14-29,30-15-7-2-8-16-30)42-44(41)43-38(31-17-9-3-10-18-31,32-19-11-4-12-20-32)34-23-27-36(40)28-24-34/h1-28H/q+1. The SMILES string of the molecule is O=[P+](OC(c1ccccc1)(c1ccccc1)c1ccc(Cl)cc1)OC(c1ccccc1)(c1ccccc1)c1ccc(Cl)cc1. The van der Waals surface area contributed by atoms with Crippen LogP contribution >= 0.6 is 31.5 Å². The fourth-order valence-electron chi connectivity index (χ4n) is 5.62. The van der Waals surface area contributed by atoms with Crippen molar-refractivity contribution < 1.29 is 13.6 Å². The third-order valence-corrected chi connectivity index (χ3v) is 9.00. The van der Waals surface area contributed by atoms with Gasteiger partial charge in [-0.15, -0.1) is 0 Å². The van der Waals surface area contributed by atoms with Gasteiger partial charge in [0.1, 0.15) is 0 Å². The van der Waals surface area contributed by atoms with Gasteiger partial charge in [0.2, 0.25) is 11.2 Å². The summed E-state index contributed by atoms with van der Waals surface area (Å²) in [6, 6.07) is 53.8. The van der Waals surface area contributed by atoms with Crippen molar-refractivity contribution in [3.8, 4) is 0 Å². The van der Waals surface area contributed by atoms with Crippen molar-refractivity contribution in [2.75, 3.05) is 0 Å². The first-order valence-electron chi connectivity index (χ1n) is 14.1. The number of hydrogen-bond acceptors (Lipinski definition) is 3. The second-order valence-corrected chi connectivity index (χ2v) is 11.9. The van der Waals surface area contributed by atoms with E-state index < -0.39 is 19.5 Å². The average molecular weight is 635 g/mol. The van der Waals surface area contributed by atoms with E-state index in [1.165, 1.54) is 0 Å². The molecule has 0 aliphatic carbocycles. The molecular formula is C38H28Cl2O3P+. The van der Waals surface area contributed by atoms with E-state index in [4.69, 9.17) is 32.2 Å². The van der Waals surface area contributed by atoms with Gasteiger partial charge in [-0.25, -0.2) is 0 Å². The molecule has 6 aromatic rings. The maximum absolute atomic E-state index is 14.7. The summed E-state index contributed by atoms with van der Waals surface area (Å²) in [5.41, 5.74) is 2.08. The van der Waals surface area contributed by atoms with Crippen molar-refractivity contribution in [1.82, 2.24) is 0 Å². The van der Waals surface area contributed by atoms with Crippen LogP contribution in [0.5, 0.6) is 0 Å². The van der Waals surface area contributed by atoms with E-state index >= 15 is 0 Å². The Labute approximate surface area is 268 Å². The van der Waals surface area contributed by atoms with Crippen LogP contribution in [0.3, 0.4) is 0 Å². The van der Waals surface area contributed by atoms with Crippen LogP contribution in [0.2, 0.25) is 10.0 Å². The molecule has 0 bridgehead atoms. The Balaban J connectivity index is 1.56. The Kier molecular flexibility index (Phi) is 9.04. The average Bonchev–Trinajstić information content (AvgIpc) is 3.08. The van der Waals surface area contributed by atoms with E-state index in [9.17, 15) is 4.57 Å². The van der Waals surface area contributed by atoms with Gasteiger partial charge in [0, 0.05) is 14.6 Å². The summed E-state index contributed by atoms with van der Waals surface area (Å²) in [6.45, 7) is 0. The van der Waals surface area contributed by atoms with Crippen molar-refractivity contribution in [3.05, 3.63) is 213 Å². The lowest BCUT2D eigenvalue weighted by atomic mass is 9.80. The minimum atomic E-state index is -2.83. The zero-order valence-electron chi connectivity index (χ0n) is 23.6. The summed E-state index contributed by atoms with van der Waals surface area (Å²) in [4.78, 5) is 0. The maximum atomic E-state index is 14.7. The van der Waals surface area contributed by atoms with Crippen LogP contribution in [-0.4, -0.2) is 0 Å². The van der Waals surface area contributed by atoms with E-state index in [2.05, 4.69) is 0 Å². The van der Waals surface area contributed by atoms with E-state index in [-0.39, 0.29) is 0 Å². The summed E-state index contributed by atoms with van der Waals surface area (Å²) in [5.74, 6) is 0. The van der Waals surface area contributed by atoms with Crippen molar-refractivity contribution in [3.63, 3.8) is 0 Å². The van der Waals surface area contributed by atoms with Gasteiger partial charge < -0.3 is 0 Å². The molecule has 0 fully saturated rings. The normalized spacial score (nSPS) is 11.7. The Hall–Kier alpha value is -4.08. The van der Waals surface area contributed by atoms with Crippen molar-refractivity contribution >= 4 is 31.5 Å². The molecule has 6 rings (SSSR count). The molecule has 0 unspecified atom stereocenters. The molecule has 0 aliphatic heterocycles. The topological polar surface area (TPSA) is 35.5 Å². The lowest BCUT2D eigenvalue weighted by molar-refractivity contribution is 0.0829. The first-order chi connectivity index (χ1) is 21.5. The van der Waals surface area contributed by atoms with Gasteiger partial charge in [-0.3, -0.25) is 0 Å². The highest BCUT2D eigenvalue weighted by Crippen LogP contribution is 2.53. The Morgan fingerprint density at radius 1 is 0.364 bits per heavy atom. The molecule has 0 aliphatic rings. The highest BCUT2D eigenvalue weighted by molar-refractivity contribution is 7.33. The molecule has 0 saturated carbocycles. The molecule has 0 N–H and O–H groups in total. The number of hydrogen-bond donors (Lipinski definition) is 0. The van der Waals surface area contributed by atoms with Crippen molar-refractivity contribution in [1.29, 1.82) is 0 Å². The molecule has 216 valence electrons. The molecular weight excluding hydrogens is 606 g/mol. The highest BCUT2D eigenvalue weighted by atomic mass is 35.5. The number of halogens is 2. The molecule has 0 heterocycles. The van der Waals surface area contributed by atoms with Crippen molar-refractivity contribution in [2.24, 2.45) is 0 Å². The summed E-state index contributed by atoms with van der Waals surface area (Å²) < 4.78 is 28.3. The molecule has 6 aromatic carbocycles. The van der Waals surface area contributed by atoms with Crippen LogP contribution in [-0.2, 0) is 24.8 Å². The van der Waals surface area contributed by atoms with Gasteiger partial charge in [-0.1, -0.05) is 178 Å². The van der Waals surface area contributed by atoms with Crippen LogP contribution < -0.4 is 0 Å². The molecule has 44 heavy (non-hydrogen) atoms. The molecule has 0 aromatic heterocycles.